The molecule has 2 aromatic rings. The van der Waals surface area contributed by atoms with Gasteiger partial charge in [0.1, 0.15) is 0 Å². The maximum Gasteiger partial charge on any atom is 0.0712 e. The molecule has 1 N–H and O–H groups in total. The van der Waals surface area contributed by atoms with Crippen molar-refractivity contribution in [2.24, 2.45) is 0 Å². The second-order valence-corrected chi connectivity index (χ2v) is 6.65. The van der Waals surface area contributed by atoms with Crippen LogP contribution in [0.2, 0.25) is 0 Å². The van der Waals surface area contributed by atoms with Crippen LogP contribution in [0.4, 0.5) is 0 Å². The lowest BCUT2D eigenvalue weighted by molar-refractivity contribution is -0.0200. The fourth-order valence-electron chi connectivity index (χ4n) is 3.25. The van der Waals surface area contributed by atoms with Crippen molar-refractivity contribution in [3.8, 4) is 11.8 Å². The van der Waals surface area contributed by atoms with E-state index in [4.69, 9.17) is 0 Å². The van der Waals surface area contributed by atoms with Crippen LogP contribution in [0.3, 0.4) is 0 Å². The zero-order valence-electron chi connectivity index (χ0n) is 14.1. The van der Waals surface area contributed by atoms with Crippen LogP contribution in [-0.4, -0.2) is 35.2 Å². The minimum atomic E-state index is -0.548. The summed E-state index contributed by atoms with van der Waals surface area (Å²) in [5.74, 6) is 6.46. The summed E-state index contributed by atoms with van der Waals surface area (Å²) < 4.78 is 0. The Bertz CT molecular complexity index is 676. The highest BCUT2D eigenvalue weighted by Crippen LogP contribution is 2.26. The van der Waals surface area contributed by atoms with E-state index in [0.717, 1.165) is 50.9 Å². The maximum absolute atomic E-state index is 10.8. The SMILES string of the molecule is OC1(Cc2ccccc2)CCN(CCC#Cc2ccccc2)CC1. The van der Waals surface area contributed by atoms with E-state index in [2.05, 4.69) is 28.9 Å². The molecule has 1 fully saturated rings. The second-order valence-electron chi connectivity index (χ2n) is 6.65. The third kappa shape index (κ3) is 4.96. The number of benzene rings is 2. The van der Waals surface area contributed by atoms with Crippen molar-refractivity contribution < 1.29 is 5.11 Å². The number of nitrogens with zero attached hydrogens (tertiary/aromatic N) is 1. The summed E-state index contributed by atoms with van der Waals surface area (Å²) in [5.41, 5.74) is 1.75. The zero-order chi connectivity index (χ0) is 16.7. The van der Waals surface area contributed by atoms with Gasteiger partial charge >= 0.3 is 0 Å². The van der Waals surface area contributed by atoms with Gasteiger partial charge in [-0.3, -0.25) is 0 Å². The van der Waals surface area contributed by atoms with E-state index in [0.29, 0.717) is 0 Å². The fraction of sp³-hybridized carbons (Fsp3) is 0.364. The van der Waals surface area contributed by atoms with E-state index in [-0.39, 0.29) is 0 Å². The highest BCUT2D eigenvalue weighted by atomic mass is 16.3. The molecule has 1 heterocycles. The number of hydrogen-bond donors (Lipinski definition) is 1. The van der Waals surface area contributed by atoms with Crippen molar-refractivity contribution in [3.63, 3.8) is 0 Å². The molecule has 24 heavy (non-hydrogen) atoms. The summed E-state index contributed by atoms with van der Waals surface area (Å²) in [5, 5.41) is 10.8. The molecule has 124 valence electrons. The van der Waals surface area contributed by atoms with Gasteiger partial charge in [-0.1, -0.05) is 60.4 Å². The van der Waals surface area contributed by atoms with Gasteiger partial charge in [-0.15, -0.1) is 0 Å². The van der Waals surface area contributed by atoms with Crippen LogP contribution < -0.4 is 0 Å². The molecule has 0 saturated carbocycles. The Labute approximate surface area is 145 Å². The molecule has 1 aliphatic heterocycles. The van der Waals surface area contributed by atoms with Gasteiger partial charge in [-0.25, -0.2) is 0 Å². The average molecular weight is 319 g/mol. The van der Waals surface area contributed by atoms with E-state index in [1.807, 2.05) is 48.5 Å². The Morgan fingerprint density at radius 1 is 0.917 bits per heavy atom. The molecule has 0 spiro atoms. The minimum absolute atomic E-state index is 0.548. The first-order valence-electron chi connectivity index (χ1n) is 8.76. The lowest BCUT2D eigenvalue weighted by Gasteiger charge is -2.38. The van der Waals surface area contributed by atoms with Crippen molar-refractivity contribution in [2.75, 3.05) is 19.6 Å². The third-order valence-corrected chi connectivity index (χ3v) is 4.72. The van der Waals surface area contributed by atoms with Crippen LogP contribution in [0.1, 0.15) is 30.4 Å². The lowest BCUT2D eigenvalue weighted by Crippen LogP contribution is -2.45. The summed E-state index contributed by atoms with van der Waals surface area (Å²) in [6, 6.07) is 20.4. The van der Waals surface area contributed by atoms with Gasteiger partial charge in [0.05, 0.1) is 5.60 Å². The standard InChI is InChI=1S/C22H25NO/c24-22(19-21-12-5-2-6-13-21)14-17-23(18-15-22)16-8-7-11-20-9-3-1-4-10-20/h1-6,9-10,12-13,24H,8,14-19H2. The van der Waals surface area contributed by atoms with Crippen molar-refractivity contribution in [3.05, 3.63) is 71.8 Å². The summed E-state index contributed by atoms with van der Waals surface area (Å²) >= 11 is 0. The van der Waals surface area contributed by atoms with Gasteiger partial charge < -0.3 is 10.0 Å². The van der Waals surface area contributed by atoms with Gasteiger partial charge in [-0.05, 0) is 30.5 Å². The Kier molecular flexibility index (Phi) is 5.69. The van der Waals surface area contributed by atoms with E-state index in [9.17, 15) is 5.11 Å². The average Bonchev–Trinajstić information content (AvgIpc) is 2.62. The number of piperidine rings is 1. The number of likely N-dealkylation sites (tertiary alicyclic amines) is 1. The second kappa shape index (κ2) is 8.15. The summed E-state index contributed by atoms with van der Waals surface area (Å²) in [7, 11) is 0. The molecule has 0 bridgehead atoms. The molecule has 2 aromatic carbocycles. The first-order chi connectivity index (χ1) is 11.7. The quantitative estimate of drug-likeness (QED) is 0.872. The zero-order valence-corrected chi connectivity index (χ0v) is 14.1. The van der Waals surface area contributed by atoms with Crippen LogP contribution in [0, 0.1) is 11.8 Å². The summed E-state index contributed by atoms with van der Waals surface area (Å²) in [4.78, 5) is 2.42. The van der Waals surface area contributed by atoms with Gasteiger partial charge in [0, 0.05) is 38.0 Å². The third-order valence-electron chi connectivity index (χ3n) is 4.72. The monoisotopic (exact) mass is 319 g/mol. The molecular formula is C22H25NO. The molecule has 0 unspecified atom stereocenters. The Morgan fingerprint density at radius 2 is 1.54 bits per heavy atom. The maximum atomic E-state index is 10.8. The van der Waals surface area contributed by atoms with Crippen molar-refractivity contribution in [2.45, 2.75) is 31.3 Å². The predicted molar refractivity (Wildman–Crippen MR) is 98.7 cm³/mol. The number of aliphatic hydroxyl groups is 1. The fourth-order valence-corrected chi connectivity index (χ4v) is 3.25. The highest BCUT2D eigenvalue weighted by Gasteiger charge is 2.31. The van der Waals surface area contributed by atoms with Gasteiger partial charge in [-0.2, -0.15) is 0 Å². The molecule has 0 aromatic heterocycles. The largest absolute Gasteiger partial charge is 0.389 e. The van der Waals surface area contributed by atoms with Crippen LogP contribution in [0.5, 0.6) is 0 Å². The van der Waals surface area contributed by atoms with E-state index < -0.39 is 5.60 Å². The molecule has 0 radical (unpaired) electrons. The van der Waals surface area contributed by atoms with Gasteiger partial charge in [0.15, 0.2) is 0 Å². The van der Waals surface area contributed by atoms with E-state index in [1.165, 1.54) is 5.56 Å². The molecular weight excluding hydrogens is 294 g/mol. The minimum Gasteiger partial charge on any atom is -0.389 e. The molecule has 1 aliphatic rings. The van der Waals surface area contributed by atoms with E-state index >= 15 is 0 Å². The molecule has 0 aliphatic carbocycles. The molecule has 3 rings (SSSR count). The molecule has 2 heteroatoms. The van der Waals surface area contributed by atoms with Crippen molar-refractivity contribution in [1.29, 1.82) is 0 Å². The number of hydrogen-bond acceptors (Lipinski definition) is 2. The first-order valence-corrected chi connectivity index (χ1v) is 8.76. The van der Waals surface area contributed by atoms with Crippen molar-refractivity contribution >= 4 is 0 Å². The van der Waals surface area contributed by atoms with Crippen LogP contribution in [-0.2, 0) is 6.42 Å². The molecule has 0 atom stereocenters. The normalized spacial score (nSPS) is 17.0. The topological polar surface area (TPSA) is 23.5 Å². The Morgan fingerprint density at radius 3 is 2.21 bits per heavy atom. The molecule has 0 amide bonds. The number of rotatable bonds is 4. The molecule has 1 saturated heterocycles. The van der Waals surface area contributed by atoms with Crippen LogP contribution in [0.15, 0.2) is 60.7 Å². The van der Waals surface area contributed by atoms with Crippen molar-refractivity contribution in [1.82, 2.24) is 4.90 Å². The van der Waals surface area contributed by atoms with Gasteiger partial charge in [0.2, 0.25) is 0 Å². The van der Waals surface area contributed by atoms with E-state index in [1.54, 1.807) is 0 Å². The smallest absolute Gasteiger partial charge is 0.0712 e. The highest BCUT2D eigenvalue weighted by molar-refractivity contribution is 5.33. The Hall–Kier alpha value is -2.08. The van der Waals surface area contributed by atoms with Crippen LogP contribution in [0.25, 0.3) is 0 Å². The lowest BCUT2D eigenvalue weighted by atomic mass is 9.85. The van der Waals surface area contributed by atoms with Gasteiger partial charge in [0.25, 0.3) is 0 Å². The summed E-state index contributed by atoms with van der Waals surface area (Å²) in [6.45, 7) is 2.90. The Balaban J connectivity index is 1.43. The predicted octanol–water partition coefficient (Wildman–Crippen LogP) is 3.50. The summed E-state index contributed by atoms with van der Waals surface area (Å²) in [6.07, 6.45) is 3.32. The first kappa shape index (κ1) is 16.8. The van der Waals surface area contributed by atoms with Crippen LogP contribution >= 0.6 is 0 Å². The molecule has 2 nitrogen and oxygen atoms in total.